The van der Waals surface area contributed by atoms with Gasteiger partial charge in [0, 0.05) is 46.2 Å². The van der Waals surface area contributed by atoms with Crippen LogP contribution in [-0.2, 0) is 19.7 Å². The molecular weight excluding hydrogens is 308 g/mol. The molecule has 0 aromatic heterocycles. The summed E-state index contributed by atoms with van der Waals surface area (Å²) in [6.45, 7) is 1.83. The molecule has 0 bridgehead atoms. The molecule has 0 unspecified atom stereocenters. The summed E-state index contributed by atoms with van der Waals surface area (Å²) in [5.74, 6) is -4.68. The van der Waals surface area contributed by atoms with E-state index in [9.17, 15) is 22.0 Å². The largest absolute Gasteiger partial charge is 0.379 e. The molecule has 0 saturated carbocycles. The fraction of sp³-hybridized carbons (Fsp3) is 0.909. The number of hydrogen-bond acceptors (Lipinski definition) is 4. The second-order valence-electron chi connectivity index (χ2n) is 5.10. The average molecular weight is 327 g/mol. The first-order valence-corrected chi connectivity index (χ1v) is 8.13. The van der Waals surface area contributed by atoms with Crippen molar-refractivity contribution in [3.63, 3.8) is 0 Å². The van der Waals surface area contributed by atoms with Crippen molar-refractivity contribution in [3.05, 3.63) is 0 Å². The molecule has 2 heterocycles. The van der Waals surface area contributed by atoms with Crippen molar-refractivity contribution in [2.75, 3.05) is 52.5 Å². The summed E-state index contributed by atoms with van der Waals surface area (Å²) in [7, 11) is -3.61. The van der Waals surface area contributed by atoms with Crippen LogP contribution in [0.5, 0.6) is 0 Å². The molecule has 0 aromatic rings. The van der Waals surface area contributed by atoms with Crippen LogP contribution in [-0.4, -0.2) is 86.2 Å². The van der Waals surface area contributed by atoms with Gasteiger partial charge in [-0.05, 0) is 0 Å². The molecule has 122 valence electrons. The van der Waals surface area contributed by atoms with E-state index in [1.54, 1.807) is 0 Å². The maximum atomic E-state index is 13.0. The Labute approximate surface area is 122 Å². The number of rotatable bonds is 3. The van der Waals surface area contributed by atoms with Crippen LogP contribution in [0.2, 0.25) is 0 Å². The first-order valence-electron chi connectivity index (χ1n) is 6.73. The van der Waals surface area contributed by atoms with E-state index in [0.717, 1.165) is 4.90 Å². The Hall–Kier alpha value is -0.840. The zero-order chi connectivity index (χ0) is 15.7. The molecule has 10 heteroatoms. The molecular formula is C11H19F2N3O4S. The predicted molar refractivity (Wildman–Crippen MR) is 70.1 cm³/mol. The maximum absolute atomic E-state index is 13.0. The normalized spacial score (nSPS) is 23.3. The minimum atomic E-state index is -3.61. The molecule has 21 heavy (non-hydrogen) atoms. The lowest BCUT2D eigenvalue weighted by atomic mass is 10.3. The Bertz CT molecular complexity index is 480. The zero-order valence-corrected chi connectivity index (χ0v) is 12.6. The minimum absolute atomic E-state index is 0.0220. The van der Waals surface area contributed by atoms with Crippen molar-refractivity contribution >= 4 is 16.1 Å². The van der Waals surface area contributed by atoms with E-state index in [4.69, 9.17) is 4.74 Å². The summed E-state index contributed by atoms with van der Waals surface area (Å²) in [6.07, 6.45) is 0. The van der Waals surface area contributed by atoms with Gasteiger partial charge >= 0.3 is 5.92 Å². The number of piperazine rings is 1. The van der Waals surface area contributed by atoms with Crippen LogP contribution in [0.3, 0.4) is 0 Å². The molecule has 0 aromatic carbocycles. The van der Waals surface area contributed by atoms with E-state index in [0.29, 0.717) is 20.1 Å². The van der Waals surface area contributed by atoms with E-state index in [1.807, 2.05) is 0 Å². The Morgan fingerprint density at radius 1 is 1.00 bits per heavy atom. The second kappa shape index (κ2) is 6.11. The third kappa shape index (κ3) is 3.68. The molecule has 0 spiro atoms. The van der Waals surface area contributed by atoms with Crippen LogP contribution < -0.4 is 0 Å². The van der Waals surface area contributed by atoms with Crippen LogP contribution in [0.4, 0.5) is 8.78 Å². The van der Waals surface area contributed by atoms with Crippen molar-refractivity contribution in [3.8, 4) is 0 Å². The molecule has 2 saturated heterocycles. The van der Waals surface area contributed by atoms with Crippen molar-refractivity contribution < 1.29 is 26.7 Å². The lowest BCUT2D eigenvalue weighted by Gasteiger charge is -2.38. The molecule has 7 nitrogen and oxygen atoms in total. The minimum Gasteiger partial charge on any atom is -0.379 e. The summed E-state index contributed by atoms with van der Waals surface area (Å²) in [4.78, 5) is 12.5. The van der Waals surface area contributed by atoms with E-state index in [2.05, 4.69) is 0 Å². The summed E-state index contributed by atoms with van der Waals surface area (Å²) < 4.78 is 58.3. The van der Waals surface area contributed by atoms with E-state index in [-0.39, 0.29) is 39.3 Å². The van der Waals surface area contributed by atoms with Gasteiger partial charge in [-0.3, -0.25) is 4.79 Å². The first kappa shape index (κ1) is 16.5. The molecule has 2 aliphatic rings. The third-order valence-corrected chi connectivity index (χ3v) is 5.56. The molecule has 0 atom stereocenters. The lowest BCUT2D eigenvalue weighted by Crippen LogP contribution is -2.57. The van der Waals surface area contributed by atoms with Gasteiger partial charge < -0.3 is 9.64 Å². The van der Waals surface area contributed by atoms with Crippen LogP contribution in [0.15, 0.2) is 0 Å². The summed E-state index contributed by atoms with van der Waals surface area (Å²) >= 11 is 0. The Morgan fingerprint density at radius 2 is 1.48 bits per heavy atom. The van der Waals surface area contributed by atoms with Crippen molar-refractivity contribution in [1.29, 1.82) is 0 Å². The highest BCUT2D eigenvalue weighted by Gasteiger charge is 2.40. The lowest BCUT2D eigenvalue weighted by molar-refractivity contribution is -0.156. The van der Waals surface area contributed by atoms with Crippen molar-refractivity contribution in [2.45, 2.75) is 12.8 Å². The van der Waals surface area contributed by atoms with Crippen LogP contribution in [0, 0.1) is 0 Å². The smallest absolute Gasteiger partial charge is 0.322 e. The van der Waals surface area contributed by atoms with Gasteiger partial charge in [-0.15, -0.1) is 0 Å². The fourth-order valence-corrected chi connectivity index (χ4v) is 3.90. The number of ether oxygens (including phenoxy) is 1. The fourth-order valence-electron chi connectivity index (χ4n) is 2.34. The summed E-state index contributed by atoms with van der Waals surface area (Å²) in [6, 6.07) is 0. The molecule has 0 N–H and O–H groups in total. The monoisotopic (exact) mass is 327 g/mol. The first-order chi connectivity index (χ1) is 9.73. The Balaban J connectivity index is 1.95. The van der Waals surface area contributed by atoms with Gasteiger partial charge in [0.1, 0.15) is 0 Å². The van der Waals surface area contributed by atoms with Gasteiger partial charge in [-0.1, -0.05) is 0 Å². The zero-order valence-electron chi connectivity index (χ0n) is 11.8. The number of nitrogens with zero attached hydrogens (tertiary/aromatic N) is 3. The molecule has 2 aliphatic heterocycles. The van der Waals surface area contributed by atoms with Gasteiger partial charge in [0.15, 0.2) is 0 Å². The van der Waals surface area contributed by atoms with Crippen LogP contribution >= 0.6 is 0 Å². The molecule has 2 rings (SSSR count). The number of morpholine rings is 1. The number of amides is 1. The molecule has 1 amide bonds. The van der Waals surface area contributed by atoms with Crippen molar-refractivity contribution in [2.24, 2.45) is 0 Å². The van der Waals surface area contributed by atoms with Crippen LogP contribution in [0.25, 0.3) is 0 Å². The summed E-state index contributed by atoms with van der Waals surface area (Å²) in [5, 5.41) is 0. The maximum Gasteiger partial charge on any atom is 0.322 e. The average Bonchev–Trinajstić information content (AvgIpc) is 2.46. The molecule has 2 fully saturated rings. The number of halogens is 2. The highest BCUT2D eigenvalue weighted by atomic mass is 32.2. The standard InChI is InChI=1S/C11H19F2N3O4S/c1-11(12,13)10(17)14-2-4-15(5-3-14)21(18,19)16-6-8-20-9-7-16/h2-9H2,1H3. The van der Waals surface area contributed by atoms with Gasteiger partial charge in [0.25, 0.3) is 16.1 Å². The Morgan fingerprint density at radius 3 is 1.95 bits per heavy atom. The molecule has 0 aliphatic carbocycles. The number of carbonyl (C=O) groups excluding carboxylic acids is 1. The highest BCUT2D eigenvalue weighted by Crippen LogP contribution is 2.19. The van der Waals surface area contributed by atoms with Gasteiger partial charge in [-0.2, -0.15) is 25.8 Å². The number of carbonyl (C=O) groups is 1. The molecule has 0 radical (unpaired) electrons. The van der Waals surface area contributed by atoms with E-state index in [1.165, 1.54) is 8.61 Å². The second-order valence-corrected chi connectivity index (χ2v) is 7.03. The quantitative estimate of drug-likeness (QED) is 0.692. The topological polar surface area (TPSA) is 70.2 Å². The number of hydrogen-bond donors (Lipinski definition) is 0. The predicted octanol–water partition coefficient (Wildman–Crippen LogP) is -0.637. The SMILES string of the molecule is CC(F)(F)C(=O)N1CCN(S(=O)(=O)N2CCOCC2)CC1. The van der Waals surface area contributed by atoms with Gasteiger partial charge in [-0.25, -0.2) is 0 Å². The number of alkyl halides is 2. The van der Waals surface area contributed by atoms with Gasteiger partial charge in [0.2, 0.25) is 0 Å². The van der Waals surface area contributed by atoms with Gasteiger partial charge in [0.05, 0.1) is 13.2 Å². The van der Waals surface area contributed by atoms with Crippen LogP contribution in [0.1, 0.15) is 6.92 Å². The van der Waals surface area contributed by atoms with Crippen molar-refractivity contribution in [1.82, 2.24) is 13.5 Å². The van der Waals surface area contributed by atoms with E-state index < -0.39 is 22.0 Å². The Kier molecular flexibility index (Phi) is 4.81. The summed E-state index contributed by atoms with van der Waals surface area (Å²) in [5.41, 5.74) is 0. The highest BCUT2D eigenvalue weighted by molar-refractivity contribution is 7.86. The third-order valence-electron chi connectivity index (χ3n) is 3.52. The van der Waals surface area contributed by atoms with E-state index >= 15 is 0 Å².